The van der Waals surface area contributed by atoms with Crippen molar-refractivity contribution in [2.24, 2.45) is 0 Å². The van der Waals surface area contributed by atoms with Crippen LogP contribution in [0.4, 0.5) is 5.82 Å². The maximum absolute atomic E-state index is 13.4. The van der Waals surface area contributed by atoms with Crippen LogP contribution in [0.1, 0.15) is 94.5 Å². The number of hydrogen-bond donors (Lipinski definition) is 0. The minimum absolute atomic E-state index is 0.202. The highest BCUT2D eigenvalue weighted by Crippen LogP contribution is 2.38. The van der Waals surface area contributed by atoms with Crippen LogP contribution in [-0.2, 0) is 43.4 Å². The number of aromatic nitrogens is 3. The molecule has 1 unspecified atom stereocenters. The quantitative estimate of drug-likeness (QED) is 0.355. The van der Waals surface area contributed by atoms with Crippen molar-refractivity contribution in [1.29, 1.82) is 0 Å². The van der Waals surface area contributed by atoms with Crippen molar-refractivity contribution in [3.8, 4) is 0 Å². The van der Waals surface area contributed by atoms with Gasteiger partial charge in [0, 0.05) is 31.5 Å². The molecule has 3 aliphatic heterocycles. The van der Waals surface area contributed by atoms with Gasteiger partial charge in [0.25, 0.3) is 0 Å². The summed E-state index contributed by atoms with van der Waals surface area (Å²) in [5.41, 5.74) is 4.65. The van der Waals surface area contributed by atoms with Gasteiger partial charge in [0.15, 0.2) is 11.8 Å². The van der Waals surface area contributed by atoms with Gasteiger partial charge in [-0.05, 0) is 84.8 Å². The molecule has 0 spiro atoms. The number of anilines is 1. The third-order valence-corrected chi connectivity index (χ3v) is 8.13. The lowest BCUT2D eigenvalue weighted by Gasteiger charge is -2.41. The normalized spacial score (nSPS) is 18.9. The van der Waals surface area contributed by atoms with Crippen LogP contribution in [0.25, 0.3) is 5.65 Å². The van der Waals surface area contributed by atoms with E-state index >= 15 is 0 Å². The van der Waals surface area contributed by atoms with Crippen LogP contribution >= 0.6 is 0 Å². The first-order valence-corrected chi connectivity index (χ1v) is 15.3. The number of hydrogen-bond acceptors (Lipinski definition) is 8. The maximum atomic E-state index is 13.4. The molecule has 4 bridgehead atoms. The van der Waals surface area contributed by atoms with E-state index in [-0.39, 0.29) is 12.2 Å². The Morgan fingerprint density at radius 1 is 1.12 bits per heavy atom. The Morgan fingerprint density at radius 2 is 1.86 bits per heavy atom. The molecular weight excluding hydrogens is 532 g/mol. The number of benzene rings is 1. The highest BCUT2D eigenvalue weighted by molar-refractivity contribution is 5.80. The highest BCUT2D eigenvalue weighted by Gasteiger charge is 2.38. The van der Waals surface area contributed by atoms with Crippen LogP contribution in [0, 0.1) is 6.92 Å². The third kappa shape index (κ3) is 6.96. The molecule has 3 aromatic rings. The van der Waals surface area contributed by atoms with E-state index in [1.807, 2.05) is 45.2 Å². The number of rotatable bonds is 4. The molecule has 9 nitrogen and oxygen atoms in total. The second-order valence-electron chi connectivity index (χ2n) is 12.7. The first-order chi connectivity index (χ1) is 20.1. The summed E-state index contributed by atoms with van der Waals surface area (Å²) >= 11 is 0. The lowest BCUT2D eigenvalue weighted by molar-refractivity contribution is -0.166. The van der Waals surface area contributed by atoms with Crippen LogP contribution in [-0.4, -0.2) is 58.1 Å². The van der Waals surface area contributed by atoms with Gasteiger partial charge in [-0.1, -0.05) is 24.3 Å². The lowest BCUT2D eigenvalue weighted by Crippen LogP contribution is -2.46. The molecule has 228 valence electrons. The van der Waals surface area contributed by atoms with E-state index in [0.29, 0.717) is 24.4 Å². The molecule has 3 aliphatic rings. The van der Waals surface area contributed by atoms with Gasteiger partial charge in [-0.3, -0.25) is 0 Å². The summed E-state index contributed by atoms with van der Waals surface area (Å²) in [6.07, 6.45) is 3.87. The highest BCUT2D eigenvalue weighted by atomic mass is 16.6. The first-order valence-electron chi connectivity index (χ1n) is 15.3. The monoisotopic (exact) mass is 578 g/mol. The van der Waals surface area contributed by atoms with E-state index in [0.717, 1.165) is 69.0 Å². The summed E-state index contributed by atoms with van der Waals surface area (Å²) in [7, 11) is 0. The molecule has 1 aromatic carbocycles. The summed E-state index contributed by atoms with van der Waals surface area (Å²) in [5, 5.41) is 4.98. The minimum Gasteiger partial charge on any atom is -0.464 e. The molecule has 0 aliphatic carbocycles. The SMILES string of the molecule is CCOC(=O)C(OC(C)(C)C)c1c(C)nc2cc3nn2c1N1CCC(C)(CC1)OCCCCc1ccccc1COC3. The Hall–Kier alpha value is -3.01. The van der Waals surface area contributed by atoms with E-state index < -0.39 is 17.7 Å². The standard InChI is InChI=1S/C33H46N4O5/c1-7-40-31(38)29(42-32(3,4)5)28-23(2)34-27-20-26-22-39-21-25-14-9-8-12-24(25)13-10-11-19-41-33(6)15-17-36(18-16-33)30(28)37(27)35-26/h8-9,12,14,20,29H,7,10-11,13,15-19,21-22H2,1-6H3. The first kappa shape index (κ1) is 30.4. The van der Waals surface area contributed by atoms with Gasteiger partial charge in [-0.25, -0.2) is 9.78 Å². The van der Waals surface area contributed by atoms with Crippen molar-refractivity contribution in [3.05, 3.63) is 58.4 Å². The number of ether oxygens (including phenoxy) is 4. The molecule has 1 saturated heterocycles. The van der Waals surface area contributed by atoms with Gasteiger partial charge in [-0.15, -0.1) is 0 Å². The molecular formula is C33H46N4O5. The molecule has 9 heteroatoms. The molecule has 6 rings (SSSR count). The maximum Gasteiger partial charge on any atom is 0.340 e. The molecule has 0 saturated carbocycles. The number of carbonyl (C=O) groups excluding carboxylic acids is 1. The number of esters is 1. The topological polar surface area (TPSA) is 87.4 Å². The predicted molar refractivity (Wildman–Crippen MR) is 162 cm³/mol. The van der Waals surface area contributed by atoms with Crippen LogP contribution in [0.3, 0.4) is 0 Å². The zero-order valence-electron chi connectivity index (χ0n) is 26.1. The molecule has 42 heavy (non-hydrogen) atoms. The summed E-state index contributed by atoms with van der Waals surface area (Å²) in [5.74, 6) is 0.395. The van der Waals surface area contributed by atoms with Crippen molar-refractivity contribution < 1.29 is 23.7 Å². The van der Waals surface area contributed by atoms with Crippen LogP contribution in [0.2, 0.25) is 0 Å². The average molecular weight is 579 g/mol. The van der Waals surface area contributed by atoms with Crippen LogP contribution < -0.4 is 4.90 Å². The van der Waals surface area contributed by atoms with Crippen LogP contribution in [0.15, 0.2) is 30.3 Å². The Balaban J connectivity index is 1.59. The Bertz CT molecular complexity index is 1390. The molecule has 2 aromatic heterocycles. The van der Waals surface area contributed by atoms with Crippen molar-refractivity contribution >= 4 is 17.4 Å². The zero-order valence-corrected chi connectivity index (χ0v) is 26.1. The van der Waals surface area contributed by atoms with Gasteiger partial charge in [0.05, 0.1) is 42.3 Å². The molecule has 1 atom stereocenters. The number of nitrogens with zero attached hydrogens (tertiary/aromatic N) is 4. The number of piperidine rings is 1. The van der Waals surface area contributed by atoms with E-state index in [2.05, 4.69) is 36.1 Å². The van der Waals surface area contributed by atoms with Gasteiger partial charge in [0.2, 0.25) is 0 Å². The summed E-state index contributed by atoms with van der Waals surface area (Å²) < 4.78 is 26.5. The molecule has 0 radical (unpaired) electrons. The Labute approximate surface area is 249 Å². The number of fused-ring (bicyclic) bond motifs is 8. The Morgan fingerprint density at radius 3 is 2.57 bits per heavy atom. The lowest BCUT2D eigenvalue weighted by atomic mass is 9.92. The van der Waals surface area contributed by atoms with Gasteiger partial charge >= 0.3 is 5.97 Å². The number of carbonyl (C=O) groups is 1. The van der Waals surface area contributed by atoms with Crippen molar-refractivity contribution in [2.45, 2.75) is 104 Å². The smallest absolute Gasteiger partial charge is 0.340 e. The second kappa shape index (κ2) is 12.7. The van der Waals surface area contributed by atoms with E-state index in [1.165, 1.54) is 11.1 Å². The summed E-state index contributed by atoms with van der Waals surface area (Å²) in [4.78, 5) is 20.6. The van der Waals surface area contributed by atoms with E-state index in [1.54, 1.807) is 0 Å². The molecule has 0 amide bonds. The molecule has 1 fully saturated rings. The third-order valence-electron chi connectivity index (χ3n) is 8.13. The summed E-state index contributed by atoms with van der Waals surface area (Å²) in [6.45, 7) is 15.2. The van der Waals surface area contributed by atoms with E-state index in [9.17, 15) is 4.79 Å². The van der Waals surface area contributed by atoms with Gasteiger partial charge in [-0.2, -0.15) is 9.61 Å². The largest absolute Gasteiger partial charge is 0.464 e. The Kier molecular flexibility index (Phi) is 9.20. The fourth-order valence-corrected chi connectivity index (χ4v) is 5.92. The summed E-state index contributed by atoms with van der Waals surface area (Å²) in [6, 6.07) is 10.5. The van der Waals surface area contributed by atoms with Gasteiger partial charge in [0.1, 0.15) is 5.82 Å². The second-order valence-corrected chi connectivity index (χ2v) is 12.7. The number of aryl methyl sites for hydroxylation is 2. The van der Waals surface area contributed by atoms with Crippen molar-refractivity contribution in [2.75, 3.05) is 31.2 Å². The molecule has 0 N–H and O–H groups in total. The van der Waals surface area contributed by atoms with Crippen molar-refractivity contribution in [1.82, 2.24) is 14.6 Å². The minimum atomic E-state index is -0.945. The average Bonchev–Trinajstić information content (AvgIpc) is 3.33. The van der Waals surface area contributed by atoms with E-state index in [4.69, 9.17) is 29.0 Å². The van der Waals surface area contributed by atoms with Gasteiger partial charge < -0.3 is 23.8 Å². The molecule has 5 heterocycles. The zero-order chi connectivity index (χ0) is 29.9. The van der Waals surface area contributed by atoms with Crippen LogP contribution in [0.5, 0.6) is 0 Å². The predicted octanol–water partition coefficient (Wildman–Crippen LogP) is 5.89. The fourth-order valence-electron chi connectivity index (χ4n) is 5.92. The van der Waals surface area contributed by atoms with Crippen molar-refractivity contribution in [3.63, 3.8) is 0 Å². The fraction of sp³-hybridized carbons (Fsp3) is 0.606.